The molecular formula is C20H27N3O3S. The van der Waals surface area contributed by atoms with Gasteiger partial charge in [-0.15, -0.1) is 0 Å². The van der Waals surface area contributed by atoms with Crippen molar-refractivity contribution >= 4 is 27.3 Å². The predicted molar refractivity (Wildman–Crippen MR) is 110 cm³/mol. The van der Waals surface area contributed by atoms with Crippen molar-refractivity contribution in [2.45, 2.75) is 32.1 Å². The Bertz CT molecular complexity index is 860. The number of carbonyl (C=O) groups is 1. The molecule has 2 aromatic rings. The Labute approximate surface area is 161 Å². The number of sulfonamides is 1. The van der Waals surface area contributed by atoms with E-state index in [9.17, 15) is 13.2 Å². The minimum absolute atomic E-state index is 0.0551. The van der Waals surface area contributed by atoms with E-state index in [0.29, 0.717) is 17.8 Å². The van der Waals surface area contributed by atoms with Gasteiger partial charge in [0.1, 0.15) is 0 Å². The van der Waals surface area contributed by atoms with E-state index in [1.54, 1.807) is 24.3 Å². The molecule has 0 saturated heterocycles. The molecule has 7 heteroatoms. The lowest BCUT2D eigenvalue weighted by Gasteiger charge is -2.21. The van der Waals surface area contributed by atoms with Gasteiger partial charge in [0, 0.05) is 36.6 Å². The zero-order chi connectivity index (χ0) is 19.9. The average molecular weight is 390 g/mol. The Balaban J connectivity index is 2.18. The summed E-state index contributed by atoms with van der Waals surface area (Å²) in [4.78, 5) is 14.3. The zero-order valence-corrected chi connectivity index (χ0v) is 16.8. The highest BCUT2D eigenvalue weighted by Gasteiger charge is 2.16. The highest BCUT2D eigenvalue weighted by atomic mass is 32.2. The van der Waals surface area contributed by atoms with Crippen LogP contribution in [0.4, 0.5) is 11.4 Å². The van der Waals surface area contributed by atoms with Crippen LogP contribution in [-0.4, -0.2) is 34.0 Å². The monoisotopic (exact) mass is 389 g/mol. The van der Waals surface area contributed by atoms with E-state index < -0.39 is 10.0 Å². The minimum Gasteiger partial charge on any atom is -0.372 e. The van der Waals surface area contributed by atoms with E-state index >= 15 is 0 Å². The SMILES string of the molecule is CCCNC(=O)c1cccc(S(=O)(=O)Nc2ccc(N(CC)CC)cc2)c1. The maximum absolute atomic E-state index is 12.7. The molecule has 2 aromatic carbocycles. The van der Waals surface area contributed by atoms with E-state index in [4.69, 9.17) is 0 Å². The van der Waals surface area contributed by atoms with Gasteiger partial charge >= 0.3 is 0 Å². The van der Waals surface area contributed by atoms with Gasteiger partial charge in [-0.2, -0.15) is 0 Å². The molecule has 0 aliphatic rings. The van der Waals surface area contributed by atoms with Crippen LogP contribution in [0.25, 0.3) is 0 Å². The van der Waals surface area contributed by atoms with Crippen LogP contribution in [0.15, 0.2) is 53.4 Å². The lowest BCUT2D eigenvalue weighted by atomic mass is 10.2. The largest absolute Gasteiger partial charge is 0.372 e. The molecule has 0 fully saturated rings. The third-order valence-corrected chi connectivity index (χ3v) is 5.57. The fourth-order valence-electron chi connectivity index (χ4n) is 2.69. The van der Waals surface area contributed by atoms with Crippen molar-refractivity contribution in [1.82, 2.24) is 5.32 Å². The first-order chi connectivity index (χ1) is 12.9. The van der Waals surface area contributed by atoms with Crippen LogP contribution in [0.2, 0.25) is 0 Å². The van der Waals surface area contributed by atoms with Crippen LogP contribution in [0.1, 0.15) is 37.6 Å². The topological polar surface area (TPSA) is 78.5 Å². The van der Waals surface area contributed by atoms with Gasteiger partial charge in [0.2, 0.25) is 0 Å². The number of nitrogens with one attached hydrogen (secondary N) is 2. The summed E-state index contributed by atoms with van der Waals surface area (Å²) in [5.74, 6) is -0.280. The molecular weight excluding hydrogens is 362 g/mol. The van der Waals surface area contributed by atoms with Crippen LogP contribution >= 0.6 is 0 Å². The smallest absolute Gasteiger partial charge is 0.261 e. The number of rotatable bonds is 9. The van der Waals surface area contributed by atoms with E-state index in [1.165, 1.54) is 12.1 Å². The van der Waals surface area contributed by atoms with Gasteiger partial charge in [-0.05, 0) is 62.7 Å². The summed E-state index contributed by atoms with van der Waals surface area (Å²) in [6.45, 7) is 8.42. The third kappa shape index (κ3) is 5.47. The van der Waals surface area contributed by atoms with Gasteiger partial charge in [0.05, 0.1) is 4.90 Å². The van der Waals surface area contributed by atoms with Gasteiger partial charge in [-0.3, -0.25) is 9.52 Å². The summed E-state index contributed by atoms with van der Waals surface area (Å²) < 4.78 is 27.9. The average Bonchev–Trinajstić information content (AvgIpc) is 2.68. The number of anilines is 2. The molecule has 27 heavy (non-hydrogen) atoms. The molecule has 1 amide bonds. The highest BCUT2D eigenvalue weighted by Crippen LogP contribution is 2.21. The molecule has 2 rings (SSSR count). The summed E-state index contributed by atoms with van der Waals surface area (Å²) in [5, 5.41) is 2.75. The standard InChI is InChI=1S/C20H27N3O3S/c1-4-14-21-20(24)16-8-7-9-19(15-16)27(25,26)22-17-10-12-18(13-11-17)23(5-2)6-3/h7-13,15,22H,4-6,14H2,1-3H3,(H,21,24). The van der Waals surface area contributed by atoms with Crippen molar-refractivity contribution in [3.63, 3.8) is 0 Å². The normalized spacial score (nSPS) is 11.1. The van der Waals surface area contributed by atoms with Crippen LogP contribution in [0, 0.1) is 0 Å². The fourth-order valence-corrected chi connectivity index (χ4v) is 3.79. The van der Waals surface area contributed by atoms with E-state index in [1.807, 2.05) is 19.1 Å². The van der Waals surface area contributed by atoms with Crippen molar-refractivity contribution in [3.05, 3.63) is 54.1 Å². The lowest BCUT2D eigenvalue weighted by molar-refractivity contribution is 0.0953. The van der Waals surface area contributed by atoms with Gasteiger partial charge in [-0.1, -0.05) is 13.0 Å². The van der Waals surface area contributed by atoms with Gasteiger partial charge in [0.25, 0.3) is 15.9 Å². The molecule has 0 unspecified atom stereocenters. The zero-order valence-electron chi connectivity index (χ0n) is 16.0. The number of carbonyl (C=O) groups excluding carboxylic acids is 1. The second-order valence-corrected chi connectivity index (χ2v) is 7.79. The molecule has 0 saturated carbocycles. The Kier molecular flexibility index (Phi) is 7.24. The molecule has 6 nitrogen and oxygen atoms in total. The van der Waals surface area contributed by atoms with Crippen molar-refractivity contribution < 1.29 is 13.2 Å². The van der Waals surface area contributed by atoms with Crippen molar-refractivity contribution in [2.75, 3.05) is 29.3 Å². The van der Waals surface area contributed by atoms with E-state index in [0.717, 1.165) is 25.2 Å². The van der Waals surface area contributed by atoms with Crippen molar-refractivity contribution in [1.29, 1.82) is 0 Å². The summed E-state index contributed by atoms with van der Waals surface area (Å²) in [6.07, 6.45) is 0.814. The summed E-state index contributed by atoms with van der Waals surface area (Å²) >= 11 is 0. The Hall–Kier alpha value is -2.54. The third-order valence-electron chi connectivity index (χ3n) is 4.19. The van der Waals surface area contributed by atoms with Crippen molar-refractivity contribution in [3.8, 4) is 0 Å². The molecule has 0 heterocycles. The van der Waals surface area contributed by atoms with Crippen LogP contribution in [0.3, 0.4) is 0 Å². The second kappa shape index (κ2) is 9.41. The number of amides is 1. The first kappa shape index (κ1) is 20.8. The molecule has 0 bridgehead atoms. The van der Waals surface area contributed by atoms with E-state index in [2.05, 4.69) is 28.8 Å². The molecule has 0 radical (unpaired) electrons. The van der Waals surface area contributed by atoms with Crippen LogP contribution in [0.5, 0.6) is 0 Å². The summed E-state index contributed by atoms with van der Waals surface area (Å²) in [7, 11) is -3.78. The van der Waals surface area contributed by atoms with Crippen LogP contribution in [-0.2, 0) is 10.0 Å². The number of nitrogens with zero attached hydrogens (tertiary/aromatic N) is 1. The Morgan fingerprint density at radius 3 is 2.26 bits per heavy atom. The van der Waals surface area contributed by atoms with Crippen LogP contribution < -0.4 is 14.9 Å². The second-order valence-electron chi connectivity index (χ2n) is 6.11. The highest BCUT2D eigenvalue weighted by molar-refractivity contribution is 7.92. The number of benzene rings is 2. The molecule has 0 aromatic heterocycles. The molecule has 2 N–H and O–H groups in total. The quantitative estimate of drug-likeness (QED) is 0.688. The molecule has 0 aliphatic carbocycles. The maximum Gasteiger partial charge on any atom is 0.261 e. The van der Waals surface area contributed by atoms with Gasteiger partial charge in [0.15, 0.2) is 0 Å². The molecule has 0 spiro atoms. The molecule has 0 atom stereocenters. The first-order valence-electron chi connectivity index (χ1n) is 9.17. The summed E-state index contributed by atoms with van der Waals surface area (Å²) in [5.41, 5.74) is 1.84. The minimum atomic E-state index is -3.78. The lowest BCUT2D eigenvalue weighted by Crippen LogP contribution is -2.24. The Morgan fingerprint density at radius 2 is 1.67 bits per heavy atom. The van der Waals surface area contributed by atoms with Crippen molar-refractivity contribution in [2.24, 2.45) is 0 Å². The summed E-state index contributed by atoms with van der Waals surface area (Å²) in [6, 6.07) is 13.3. The fraction of sp³-hybridized carbons (Fsp3) is 0.350. The molecule has 146 valence electrons. The number of hydrogen-bond donors (Lipinski definition) is 2. The van der Waals surface area contributed by atoms with E-state index in [-0.39, 0.29) is 10.8 Å². The maximum atomic E-state index is 12.7. The van der Waals surface area contributed by atoms with Gasteiger partial charge in [-0.25, -0.2) is 8.42 Å². The predicted octanol–water partition coefficient (Wildman–Crippen LogP) is 3.47. The number of hydrogen-bond acceptors (Lipinski definition) is 4. The first-order valence-corrected chi connectivity index (χ1v) is 10.7. The molecule has 0 aliphatic heterocycles. The Morgan fingerprint density at radius 1 is 1.00 bits per heavy atom. The van der Waals surface area contributed by atoms with Gasteiger partial charge < -0.3 is 10.2 Å².